The Kier molecular flexibility index (Phi) is 6.32. The summed E-state index contributed by atoms with van der Waals surface area (Å²) in [5.74, 6) is -1.26. The van der Waals surface area contributed by atoms with Crippen LogP contribution in [0.15, 0.2) is 29.7 Å². The van der Waals surface area contributed by atoms with E-state index in [1.54, 1.807) is 18.3 Å². The number of benzene rings is 1. The molecule has 0 aliphatic heterocycles. The Morgan fingerprint density at radius 2 is 1.92 bits per heavy atom. The first kappa shape index (κ1) is 19.8. The van der Waals surface area contributed by atoms with Crippen LogP contribution in [0.2, 0.25) is 0 Å². The third-order valence-corrected chi connectivity index (χ3v) is 4.54. The van der Waals surface area contributed by atoms with Crippen LogP contribution in [0.1, 0.15) is 32.8 Å². The number of hydrogen-bond donors (Lipinski definition) is 1. The van der Waals surface area contributed by atoms with Crippen molar-refractivity contribution >= 4 is 17.8 Å². The van der Waals surface area contributed by atoms with E-state index < -0.39 is 11.6 Å². The molecule has 0 radical (unpaired) electrons. The molecule has 2 aromatic rings. The number of rotatable bonds is 5. The predicted molar refractivity (Wildman–Crippen MR) is 103 cm³/mol. The SMILES string of the molecule is C/C=c1/ncn(C)/c1=C/C(=C(\C)CC)N(C)c1c(F)cc(CN)cc1F. The highest BCUT2D eigenvalue weighted by Crippen LogP contribution is 2.28. The van der Waals surface area contributed by atoms with E-state index in [0.717, 1.165) is 28.4 Å². The van der Waals surface area contributed by atoms with Crippen LogP contribution in [0.4, 0.5) is 14.5 Å². The normalized spacial score (nSPS) is 14.0. The van der Waals surface area contributed by atoms with Gasteiger partial charge >= 0.3 is 0 Å². The summed E-state index contributed by atoms with van der Waals surface area (Å²) in [5.41, 5.74) is 7.58. The van der Waals surface area contributed by atoms with E-state index in [0.29, 0.717) is 5.56 Å². The molecule has 0 aliphatic carbocycles. The number of allylic oxidation sites excluding steroid dienone is 2. The summed E-state index contributed by atoms with van der Waals surface area (Å²) in [4.78, 5) is 5.89. The van der Waals surface area contributed by atoms with Gasteiger partial charge in [-0.1, -0.05) is 13.0 Å². The van der Waals surface area contributed by atoms with E-state index in [1.807, 2.05) is 44.5 Å². The van der Waals surface area contributed by atoms with Crippen LogP contribution in [0.3, 0.4) is 0 Å². The lowest BCUT2D eigenvalue weighted by Gasteiger charge is -2.24. The number of imidazole rings is 1. The number of nitrogens with two attached hydrogens (primary N) is 1. The number of anilines is 1. The van der Waals surface area contributed by atoms with Crippen LogP contribution in [-0.2, 0) is 13.6 Å². The van der Waals surface area contributed by atoms with Gasteiger partial charge in [0.05, 0.1) is 17.0 Å². The molecule has 0 saturated heterocycles. The molecule has 0 fully saturated rings. The van der Waals surface area contributed by atoms with Gasteiger partial charge < -0.3 is 15.2 Å². The van der Waals surface area contributed by atoms with Crippen LogP contribution >= 0.6 is 0 Å². The first-order valence-corrected chi connectivity index (χ1v) is 8.60. The smallest absolute Gasteiger partial charge is 0.150 e. The lowest BCUT2D eigenvalue weighted by Crippen LogP contribution is -2.31. The minimum absolute atomic E-state index is 0.0886. The van der Waals surface area contributed by atoms with Crippen LogP contribution in [0, 0.1) is 11.6 Å². The van der Waals surface area contributed by atoms with Crippen LogP contribution in [0.25, 0.3) is 12.2 Å². The van der Waals surface area contributed by atoms with Crippen molar-refractivity contribution in [2.24, 2.45) is 12.8 Å². The fourth-order valence-electron chi connectivity index (χ4n) is 2.85. The highest BCUT2D eigenvalue weighted by Gasteiger charge is 2.18. The molecule has 26 heavy (non-hydrogen) atoms. The summed E-state index contributed by atoms with van der Waals surface area (Å²) < 4.78 is 31.0. The van der Waals surface area contributed by atoms with Crippen molar-refractivity contribution in [2.45, 2.75) is 33.7 Å². The molecule has 0 amide bonds. The number of aromatic nitrogens is 2. The second-order valence-electron chi connectivity index (χ2n) is 6.25. The van der Waals surface area contributed by atoms with Crippen LogP contribution < -0.4 is 21.3 Å². The molecule has 6 heteroatoms. The van der Waals surface area contributed by atoms with Gasteiger partial charge in [0, 0.05) is 26.3 Å². The van der Waals surface area contributed by atoms with Gasteiger partial charge in [-0.3, -0.25) is 0 Å². The van der Waals surface area contributed by atoms with Gasteiger partial charge in [-0.25, -0.2) is 13.8 Å². The van der Waals surface area contributed by atoms with Crippen molar-refractivity contribution in [1.29, 1.82) is 0 Å². The fraction of sp³-hybridized carbons (Fsp3) is 0.350. The number of nitrogens with zero attached hydrogens (tertiary/aromatic N) is 3. The molecule has 1 aromatic heterocycles. The summed E-state index contributed by atoms with van der Waals surface area (Å²) in [6.07, 6.45) is 6.29. The summed E-state index contributed by atoms with van der Waals surface area (Å²) in [7, 11) is 3.56. The molecule has 4 nitrogen and oxygen atoms in total. The quantitative estimate of drug-likeness (QED) is 0.891. The topological polar surface area (TPSA) is 47.1 Å². The van der Waals surface area contributed by atoms with Crippen molar-refractivity contribution in [3.63, 3.8) is 0 Å². The molecule has 0 unspecified atom stereocenters. The zero-order valence-electron chi connectivity index (χ0n) is 16.0. The molecule has 0 bridgehead atoms. The van der Waals surface area contributed by atoms with Gasteiger partial charge in [-0.15, -0.1) is 0 Å². The molecule has 2 N–H and O–H groups in total. The molecular weight excluding hydrogens is 334 g/mol. The molecule has 0 saturated carbocycles. The molecule has 0 aliphatic rings. The second kappa shape index (κ2) is 8.27. The monoisotopic (exact) mass is 360 g/mol. The maximum absolute atomic E-state index is 14.6. The summed E-state index contributed by atoms with van der Waals surface area (Å²) in [6.45, 7) is 5.96. The number of aryl methyl sites for hydroxylation is 1. The van der Waals surface area contributed by atoms with Crippen molar-refractivity contribution in [3.05, 3.63) is 57.6 Å². The van der Waals surface area contributed by atoms with E-state index >= 15 is 0 Å². The molecule has 0 spiro atoms. The van der Waals surface area contributed by atoms with Crippen molar-refractivity contribution < 1.29 is 8.78 Å². The largest absolute Gasteiger partial charge is 0.340 e. The van der Waals surface area contributed by atoms with E-state index in [4.69, 9.17) is 5.73 Å². The Morgan fingerprint density at radius 3 is 2.42 bits per heavy atom. The average Bonchev–Trinajstić information content (AvgIpc) is 2.97. The average molecular weight is 360 g/mol. The molecular formula is C20H26F2N4. The van der Waals surface area contributed by atoms with E-state index in [2.05, 4.69) is 4.98 Å². The van der Waals surface area contributed by atoms with Gasteiger partial charge in [0.15, 0.2) is 0 Å². The lowest BCUT2D eigenvalue weighted by atomic mass is 10.1. The Hall–Kier alpha value is -2.47. The van der Waals surface area contributed by atoms with Crippen LogP contribution in [0.5, 0.6) is 0 Å². The van der Waals surface area contributed by atoms with Gasteiger partial charge in [0.25, 0.3) is 0 Å². The zero-order valence-corrected chi connectivity index (χ0v) is 16.0. The molecule has 140 valence electrons. The van der Waals surface area contributed by atoms with Gasteiger partial charge in [-0.2, -0.15) is 0 Å². The maximum Gasteiger partial charge on any atom is 0.150 e. The Labute approximate surface area is 153 Å². The lowest BCUT2D eigenvalue weighted by molar-refractivity contribution is 0.579. The first-order chi connectivity index (χ1) is 12.3. The molecule has 1 aromatic carbocycles. The van der Waals surface area contributed by atoms with Crippen molar-refractivity contribution in [1.82, 2.24) is 9.55 Å². The van der Waals surface area contributed by atoms with Crippen molar-refractivity contribution in [3.8, 4) is 0 Å². The Bertz CT molecular complexity index is 918. The summed E-state index contributed by atoms with van der Waals surface area (Å²) in [5, 5.41) is 1.70. The molecule has 0 atom stereocenters. The van der Waals surface area contributed by atoms with E-state index in [1.165, 1.54) is 12.1 Å². The van der Waals surface area contributed by atoms with Gasteiger partial charge in [-0.05, 0) is 49.6 Å². The predicted octanol–water partition coefficient (Wildman–Crippen LogP) is 2.56. The third-order valence-electron chi connectivity index (χ3n) is 4.54. The molecule has 2 rings (SSSR count). The van der Waals surface area contributed by atoms with Crippen LogP contribution in [-0.4, -0.2) is 16.6 Å². The highest BCUT2D eigenvalue weighted by molar-refractivity contribution is 5.64. The fourth-order valence-corrected chi connectivity index (χ4v) is 2.85. The Morgan fingerprint density at radius 1 is 1.31 bits per heavy atom. The van der Waals surface area contributed by atoms with Gasteiger partial charge in [0.2, 0.25) is 0 Å². The minimum Gasteiger partial charge on any atom is -0.340 e. The minimum atomic E-state index is -0.630. The maximum atomic E-state index is 14.6. The highest BCUT2D eigenvalue weighted by atomic mass is 19.1. The van der Waals surface area contributed by atoms with Gasteiger partial charge in [0.1, 0.15) is 17.3 Å². The first-order valence-electron chi connectivity index (χ1n) is 8.60. The molecule has 1 heterocycles. The zero-order chi connectivity index (χ0) is 19.4. The number of hydrogen-bond acceptors (Lipinski definition) is 3. The third kappa shape index (κ3) is 3.85. The number of halogens is 2. The standard InChI is InChI=1S/C20H26F2N4/c1-6-13(3)18(10-19-17(7-2)24-12-25(19)4)26(5)20-15(21)8-14(11-23)9-16(20)22/h7-10,12H,6,11,23H2,1-5H3/b17-7+,18-13-,19-10+. The van der Waals surface area contributed by atoms with E-state index in [9.17, 15) is 8.78 Å². The summed E-state index contributed by atoms with van der Waals surface area (Å²) in [6, 6.07) is 2.56. The Balaban J connectivity index is 2.70. The second-order valence-corrected chi connectivity index (χ2v) is 6.25. The van der Waals surface area contributed by atoms with E-state index in [-0.39, 0.29) is 12.2 Å². The summed E-state index contributed by atoms with van der Waals surface area (Å²) >= 11 is 0. The van der Waals surface area contributed by atoms with Crippen molar-refractivity contribution in [2.75, 3.05) is 11.9 Å².